The van der Waals surface area contributed by atoms with E-state index in [0.29, 0.717) is 11.4 Å². The fraction of sp³-hybridized carbons (Fsp3) is 0.0400. The van der Waals surface area contributed by atoms with Gasteiger partial charge in [0.05, 0.1) is 12.0 Å². The van der Waals surface area contributed by atoms with Crippen molar-refractivity contribution in [2.24, 2.45) is 0 Å². The van der Waals surface area contributed by atoms with Crippen LogP contribution in [0, 0.1) is 0 Å². The maximum Gasteiger partial charge on any atom is 0.246 e. The Kier molecular flexibility index (Phi) is 5.28. The second-order valence-corrected chi connectivity index (χ2v) is 7.15. The van der Waals surface area contributed by atoms with Crippen LogP contribution >= 0.6 is 0 Å². The fourth-order valence-corrected chi connectivity index (χ4v) is 3.51. The van der Waals surface area contributed by atoms with Gasteiger partial charge in [0, 0.05) is 34.8 Å². The largest absolute Gasteiger partial charge is 0.464 e. The van der Waals surface area contributed by atoms with Gasteiger partial charge in [0.15, 0.2) is 0 Å². The van der Waals surface area contributed by atoms with Crippen LogP contribution in [0.4, 0.5) is 5.69 Å². The molecule has 2 aromatic carbocycles. The molecule has 7 nitrogen and oxygen atoms in total. The summed E-state index contributed by atoms with van der Waals surface area (Å²) in [5.41, 5.74) is 4.94. The van der Waals surface area contributed by atoms with Crippen molar-refractivity contribution in [2.45, 2.75) is 6.54 Å². The third kappa shape index (κ3) is 4.04. The number of furan rings is 1. The van der Waals surface area contributed by atoms with Crippen LogP contribution in [-0.2, 0) is 11.3 Å². The Morgan fingerprint density at radius 1 is 0.844 bits per heavy atom. The van der Waals surface area contributed by atoms with Gasteiger partial charge in [-0.3, -0.25) is 9.78 Å². The van der Waals surface area contributed by atoms with Gasteiger partial charge in [-0.15, -0.1) is 5.10 Å². The minimum absolute atomic E-state index is 0.0300. The van der Waals surface area contributed by atoms with Crippen LogP contribution in [0.5, 0.6) is 0 Å². The van der Waals surface area contributed by atoms with Crippen LogP contribution in [0.25, 0.3) is 33.8 Å². The molecule has 0 radical (unpaired) electrons. The van der Waals surface area contributed by atoms with Gasteiger partial charge in [-0.1, -0.05) is 35.5 Å². The van der Waals surface area contributed by atoms with Crippen LogP contribution < -0.4 is 5.32 Å². The molecule has 7 heteroatoms. The van der Waals surface area contributed by atoms with E-state index in [-0.39, 0.29) is 12.5 Å². The van der Waals surface area contributed by atoms with Gasteiger partial charge in [-0.05, 0) is 48.5 Å². The SMILES string of the molecule is O=C(Cn1nnc(-c2ccncc2)c1-c1ccccc1)Nc1ccc(-c2ccco2)cc1. The maximum atomic E-state index is 12.8. The molecule has 0 bridgehead atoms. The molecule has 0 aliphatic carbocycles. The van der Waals surface area contributed by atoms with E-state index in [0.717, 1.165) is 28.1 Å². The number of aromatic nitrogens is 4. The molecule has 1 N–H and O–H groups in total. The summed E-state index contributed by atoms with van der Waals surface area (Å²) in [6.45, 7) is 0.0300. The average molecular weight is 421 g/mol. The van der Waals surface area contributed by atoms with Crippen molar-refractivity contribution in [1.82, 2.24) is 20.0 Å². The van der Waals surface area contributed by atoms with E-state index in [9.17, 15) is 4.79 Å². The first-order valence-corrected chi connectivity index (χ1v) is 10.1. The monoisotopic (exact) mass is 421 g/mol. The number of nitrogens with zero attached hydrogens (tertiary/aromatic N) is 4. The van der Waals surface area contributed by atoms with Crippen molar-refractivity contribution in [1.29, 1.82) is 0 Å². The number of pyridine rings is 1. The van der Waals surface area contributed by atoms with E-state index in [2.05, 4.69) is 20.6 Å². The minimum Gasteiger partial charge on any atom is -0.464 e. The second-order valence-electron chi connectivity index (χ2n) is 7.15. The lowest BCUT2D eigenvalue weighted by atomic mass is 10.1. The van der Waals surface area contributed by atoms with Crippen molar-refractivity contribution in [2.75, 3.05) is 5.32 Å². The summed E-state index contributed by atoms with van der Waals surface area (Å²) in [6, 6.07) is 24.8. The van der Waals surface area contributed by atoms with E-state index in [1.54, 1.807) is 23.3 Å². The highest BCUT2D eigenvalue weighted by molar-refractivity contribution is 5.91. The first-order valence-electron chi connectivity index (χ1n) is 10.1. The topological polar surface area (TPSA) is 85.8 Å². The van der Waals surface area contributed by atoms with Crippen LogP contribution in [0.15, 0.2) is 102 Å². The van der Waals surface area contributed by atoms with Gasteiger partial charge in [0.1, 0.15) is 18.0 Å². The maximum absolute atomic E-state index is 12.8. The van der Waals surface area contributed by atoms with Crippen LogP contribution in [0.1, 0.15) is 0 Å². The van der Waals surface area contributed by atoms with Gasteiger partial charge in [0.2, 0.25) is 5.91 Å². The molecule has 3 heterocycles. The van der Waals surface area contributed by atoms with Crippen molar-refractivity contribution >= 4 is 11.6 Å². The predicted octanol–water partition coefficient (Wildman–Crippen LogP) is 4.91. The molecule has 0 aliphatic heterocycles. The van der Waals surface area contributed by atoms with E-state index in [1.807, 2.05) is 78.9 Å². The van der Waals surface area contributed by atoms with Gasteiger partial charge >= 0.3 is 0 Å². The smallest absolute Gasteiger partial charge is 0.246 e. The first kappa shape index (κ1) is 19.4. The Labute approximate surface area is 184 Å². The molecule has 0 aliphatic rings. The minimum atomic E-state index is -0.195. The zero-order valence-corrected chi connectivity index (χ0v) is 17.1. The van der Waals surface area contributed by atoms with E-state index < -0.39 is 0 Å². The number of hydrogen-bond donors (Lipinski definition) is 1. The highest BCUT2D eigenvalue weighted by atomic mass is 16.3. The molecular formula is C25H19N5O2. The summed E-state index contributed by atoms with van der Waals surface area (Å²) in [7, 11) is 0. The summed E-state index contributed by atoms with van der Waals surface area (Å²) in [5, 5.41) is 11.6. The molecule has 0 atom stereocenters. The van der Waals surface area contributed by atoms with Gasteiger partial charge in [-0.2, -0.15) is 0 Å². The number of benzene rings is 2. The molecule has 156 valence electrons. The van der Waals surface area contributed by atoms with Crippen LogP contribution in [-0.4, -0.2) is 25.9 Å². The lowest BCUT2D eigenvalue weighted by molar-refractivity contribution is -0.116. The third-order valence-corrected chi connectivity index (χ3v) is 5.00. The lowest BCUT2D eigenvalue weighted by Gasteiger charge is -2.10. The van der Waals surface area contributed by atoms with Crippen molar-refractivity contribution < 1.29 is 9.21 Å². The van der Waals surface area contributed by atoms with E-state index in [4.69, 9.17) is 4.42 Å². The van der Waals surface area contributed by atoms with Gasteiger partial charge in [-0.25, -0.2) is 4.68 Å². The van der Waals surface area contributed by atoms with Gasteiger partial charge < -0.3 is 9.73 Å². The molecule has 0 spiro atoms. The summed E-state index contributed by atoms with van der Waals surface area (Å²) in [6.07, 6.45) is 5.05. The number of rotatable bonds is 6. The summed E-state index contributed by atoms with van der Waals surface area (Å²) in [5.74, 6) is 0.584. The summed E-state index contributed by atoms with van der Waals surface area (Å²) >= 11 is 0. The standard InChI is InChI=1S/C25H19N5O2/c31-23(27-21-10-8-18(9-11-21)22-7-4-16-32-22)17-30-25(20-5-2-1-3-6-20)24(28-29-30)19-12-14-26-15-13-19/h1-16H,17H2,(H,27,31). The molecule has 5 rings (SSSR count). The molecule has 5 aromatic rings. The summed E-state index contributed by atoms with van der Waals surface area (Å²) in [4.78, 5) is 16.9. The number of anilines is 1. The molecule has 32 heavy (non-hydrogen) atoms. The molecule has 0 fully saturated rings. The summed E-state index contributed by atoms with van der Waals surface area (Å²) < 4.78 is 7.03. The highest BCUT2D eigenvalue weighted by Crippen LogP contribution is 2.30. The molecule has 0 unspecified atom stereocenters. The molecule has 1 amide bonds. The zero-order valence-electron chi connectivity index (χ0n) is 17.1. The normalized spacial score (nSPS) is 10.8. The molecular weight excluding hydrogens is 402 g/mol. The average Bonchev–Trinajstić information content (AvgIpc) is 3.51. The number of carbonyl (C=O) groups excluding carboxylic acids is 1. The number of amides is 1. The molecule has 0 saturated carbocycles. The van der Waals surface area contributed by atoms with Crippen LogP contribution in [0.3, 0.4) is 0 Å². The number of nitrogens with one attached hydrogen (secondary N) is 1. The zero-order chi connectivity index (χ0) is 21.8. The first-order chi connectivity index (χ1) is 15.8. The Morgan fingerprint density at radius 3 is 2.34 bits per heavy atom. The predicted molar refractivity (Wildman–Crippen MR) is 121 cm³/mol. The number of carbonyl (C=O) groups is 1. The quantitative estimate of drug-likeness (QED) is 0.421. The number of hydrogen-bond acceptors (Lipinski definition) is 5. The van der Waals surface area contributed by atoms with Crippen molar-refractivity contribution in [3.63, 3.8) is 0 Å². The fourth-order valence-electron chi connectivity index (χ4n) is 3.51. The third-order valence-electron chi connectivity index (χ3n) is 5.00. The van der Waals surface area contributed by atoms with E-state index >= 15 is 0 Å². The van der Waals surface area contributed by atoms with Crippen molar-refractivity contribution in [3.8, 4) is 33.8 Å². The molecule has 3 aromatic heterocycles. The van der Waals surface area contributed by atoms with Crippen molar-refractivity contribution in [3.05, 3.63) is 97.5 Å². The van der Waals surface area contributed by atoms with Gasteiger partial charge in [0.25, 0.3) is 0 Å². The Bertz CT molecular complexity index is 1310. The highest BCUT2D eigenvalue weighted by Gasteiger charge is 2.18. The Hall–Kier alpha value is -4.52. The Balaban J connectivity index is 1.39. The van der Waals surface area contributed by atoms with E-state index in [1.165, 1.54) is 0 Å². The lowest BCUT2D eigenvalue weighted by Crippen LogP contribution is -2.20. The van der Waals surface area contributed by atoms with Crippen LogP contribution in [0.2, 0.25) is 0 Å². The Morgan fingerprint density at radius 2 is 1.62 bits per heavy atom. The second kappa shape index (κ2) is 8.69. The molecule has 0 saturated heterocycles.